The molecule has 1 N–H and O–H groups in total. The minimum atomic E-state index is -0.973. The molecular weight excluding hydrogens is 326 g/mol. The Bertz CT molecular complexity index is 484. The molecule has 0 bridgehead atoms. The lowest BCUT2D eigenvalue weighted by Gasteiger charge is -2.20. The van der Waals surface area contributed by atoms with Gasteiger partial charge in [-0.2, -0.15) is 0 Å². The Morgan fingerprint density at radius 2 is 1.95 bits per heavy atom. The molecule has 6 heteroatoms. The number of carboxylic acid groups (broad SMARTS) is 1. The van der Waals surface area contributed by atoms with Crippen LogP contribution in [0.5, 0.6) is 5.75 Å². The molecule has 0 aliphatic heterocycles. The van der Waals surface area contributed by atoms with Crippen molar-refractivity contribution < 1.29 is 19.4 Å². The van der Waals surface area contributed by atoms with Gasteiger partial charge in [0, 0.05) is 10.5 Å². The van der Waals surface area contributed by atoms with Crippen LogP contribution in [-0.2, 0) is 9.59 Å². The maximum atomic E-state index is 12.0. The van der Waals surface area contributed by atoms with Crippen LogP contribution in [0.3, 0.4) is 0 Å². The number of rotatable bonds is 7. The summed E-state index contributed by atoms with van der Waals surface area (Å²) < 4.78 is 6.43. The Hall–Kier alpha value is -1.56. The number of hydrogen-bond donors (Lipinski definition) is 1. The Morgan fingerprint density at radius 1 is 1.30 bits per heavy atom. The smallest absolute Gasteiger partial charge is 0.323 e. The predicted molar refractivity (Wildman–Crippen MR) is 76.6 cm³/mol. The molecule has 1 saturated carbocycles. The predicted octanol–water partition coefficient (Wildman–Crippen LogP) is 2.29. The maximum absolute atomic E-state index is 12.0. The van der Waals surface area contributed by atoms with E-state index >= 15 is 0 Å². The van der Waals surface area contributed by atoms with Crippen LogP contribution in [-0.4, -0.2) is 41.1 Å². The van der Waals surface area contributed by atoms with Crippen molar-refractivity contribution in [2.45, 2.75) is 25.3 Å². The monoisotopic (exact) mass is 341 g/mol. The van der Waals surface area contributed by atoms with E-state index in [2.05, 4.69) is 15.9 Å². The van der Waals surface area contributed by atoms with Gasteiger partial charge in [-0.05, 0) is 37.1 Å². The molecule has 0 saturated heterocycles. The number of amides is 1. The van der Waals surface area contributed by atoms with E-state index < -0.39 is 5.97 Å². The van der Waals surface area contributed by atoms with E-state index in [-0.39, 0.29) is 31.5 Å². The van der Waals surface area contributed by atoms with Gasteiger partial charge in [0.1, 0.15) is 12.3 Å². The van der Waals surface area contributed by atoms with Crippen LogP contribution in [0.25, 0.3) is 0 Å². The second-order valence-corrected chi connectivity index (χ2v) is 5.61. The summed E-state index contributed by atoms with van der Waals surface area (Å²) in [7, 11) is 0. The standard InChI is InChI=1S/C14H16BrNO4/c15-10-1-5-12(6-2-10)20-8-7-13(17)16(9-14(18)19)11-3-4-11/h1-2,5-6,11H,3-4,7-9H2,(H,18,19). The number of carbonyl (C=O) groups is 2. The highest BCUT2D eigenvalue weighted by atomic mass is 79.9. The Balaban J connectivity index is 1.78. The second-order valence-electron chi connectivity index (χ2n) is 4.70. The number of carbonyl (C=O) groups excluding carboxylic acids is 1. The van der Waals surface area contributed by atoms with Crippen molar-refractivity contribution in [2.75, 3.05) is 13.2 Å². The zero-order valence-corrected chi connectivity index (χ0v) is 12.5. The number of nitrogens with zero attached hydrogens (tertiary/aromatic N) is 1. The molecule has 0 aromatic heterocycles. The van der Waals surface area contributed by atoms with Gasteiger partial charge in [0.25, 0.3) is 0 Å². The summed E-state index contributed by atoms with van der Waals surface area (Å²) in [4.78, 5) is 24.2. The van der Waals surface area contributed by atoms with Gasteiger partial charge < -0.3 is 14.7 Å². The SMILES string of the molecule is O=C(O)CN(C(=O)CCOc1ccc(Br)cc1)C1CC1. The van der Waals surface area contributed by atoms with Gasteiger partial charge in [-0.3, -0.25) is 9.59 Å². The molecular formula is C14H16BrNO4. The minimum absolute atomic E-state index is 0.103. The summed E-state index contributed by atoms with van der Waals surface area (Å²) in [5.74, 6) is -0.441. The topological polar surface area (TPSA) is 66.8 Å². The lowest BCUT2D eigenvalue weighted by molar-refractivity contribution is -0.145. The summed E-state index contributed by atoms with van der Waals surface area (Å²) in [6.45, 7) is 0.0328. The second kappa shape index (κ2) is 6.74. The van der Waals surface area contributed by atoms with Crippen molar-refractivity contribution >= 4 is 27.8 Å². The summed E-state index contributed by atoms with van der Waals surface area (Å²) in [6.07, 6.45) is 1.99. The van der Waals surface area contributed by atoms with Crippen LogP contribution in [0.4, 0.5) is 0 Å². The molecule has 2 rings (SSSR count). The van der Waals surface area contributed by atoms with Crippen LogP contribution in [0.15, 0.2) is 28.7 Å². The van der Waals surface area contributed by atoms with E-state index in [9.17, 15) is 9.59 Å². The highest BCUT2D eigenvalue weighted by Gasteiger charge is 2.33. The first kappa shape index (κ1) is 14.8. The number of hydrogen-bond acceptors (Lipinski definition) is 3. The molecule has 0 unspecified atom stereocenters. The molecule has 0 radical (unpaired) electrons. The van der Waals surface area contributed by atoms with Gasteiger partial charge in [0.2, 0.25) is 5.91 Å². The van der Waals surface area contributed by atoms with Gasteiger partial charge in [-0.1, -0.05) is 15.9 Å². The summed E-state index contributed by atoms with van der Waals surface area (Å²) in [6, 6.07) is 7.44. The number of ether oxygens (including phenoxy) is 1. The van der Waals surface area contributed by atoms with Gasteiger partial charge in [0.05, 0.1) is 13.0 Å². The van der Waals surface area contributed by atoms with Gasteiger partial charge in [-0.15, -0.1) is 0 Å². The van der Waals surface area contributed by atoms with Gasteiger partial charge >= 0.3 is 5.97 Å². The van der Waals surface area contributed by atoms with Crippen LogP contribution in [0.2, 0.25) is 0 Å². The Labute approximate surface area is 125 Å². The quantitative estimate of drug-likeness (QED) is 0.826. The fourth-order valence-corrected chi connectivity index (χ4v) is 2.15. The van der Waals surface area contributed by atoms with E-state index in [1.165, 1.54) is 4.90 Å². The highest BCUT2D eigenvalue weighted by molar-refractivity contribution is 9.10. The number of halogens is 1. The summed E-state index contributed by atoms with van der Waals surface area (Å²) in [5.41, 5.74) is 0. The normalized spacial score (nSPS) is 13.8. The van der Waals surface area contributed by atoms with Gasteiger partial charge in [0.15, 0.2) is 0 Å². The van der Waals surface area contributed by atoms with E-state index in [1.807, 2.05) is 24.3 Å². The molecule has 1 aliphatic rings. The third-order valence-corrected chi connectivity index (χ3v) is 3.54. The van der Waals surface area contributed by atoms with Crippen molar-refractivity contribution in [3.8, 4) is 5.75 Å². The molecule has 1 aromatic carbocycles. The van der Waals surface area contributed by atoms with Crippen LogP contribution < -0.4 is 4.74 Å². The maximum Gasteiger partial charge on any atom is 0.323 e. The van der Waals surface area contributed by atoms with Crippen molar-refractivity contribution in [3.63, 3.8) is 0 Å². The largest absolute Gasteiger partial charge is 0.493 e. The lowest BCUT2D eigenvalue weighted by atomic mass is 10.3. The molecule has 108 valence electrons. The fraction of sp³-hybridized carbons (Fsp3) is 0.429. The first-order valence-corrected chi connectivity index (χ1v) is 7.25. The minimum Gasteiger partial charge on any atom is -0.493 e. The van der Waals surface area contributed by atoms with E-state index in [4.69, 9.17) is 9.84 Å². The molecule has 1 aromatic rings. The molecule has 1 fully saturated rings. The molecule has 0 atom stereocenters. The molecule has 0 heterocycles. The Morgan fingerprint density at radius 3 is 2.50 bits per heavy atom. The number of benzene rings is 1. The third-order valence-electron chi connectivity index (χ3n) is 3.01. The first-order valence-electron chi connectivity index (χ1n) is 6.46. The first-order chi connectivity index (χ1) is 9.56. The van der Waals surface area contributed by atoms with Crippen molar-refractivity contribution in [1.82, 2.24) is 4.90 Å². The third kappa shape index (κ3) is 4.52. The van der Waals surface area contributed by atoms with Crippen LogP contribution in [0.1, 0.15) is 19.3 Å². The van der Waals surface area contributed by atoms with E-state index in [1.54, 1.807) is 0 Å². The average Bonchev–Trinajstić information content (AvgIpc) is 3.22. The zero-order chi connectivity index (χ0) is 14.5. The van der Waals surface area contributed by atoms with Crippen molar-refractivity contribution in [1.29, 1.82) is 0 Å². The molecule has 0 spiro atoms. The van der Waals surface area contributed by atoms with E-state index in [0.717, 1.165) is 17.3 Å². The summed E-state index contributed by atoms with van der Waals surface area (Å²) in [5, 5.41) is 8.81. The lowest BCUT2D eigenvalue weighted by Crippen LogP contribution is -2.38. The highest BCUT2D eigenvalue weighted by Crippen LogP contribution is 2.27. The Kier molecular flexibility index (Phi) is 5.00. The molecule has 5 nitrogen and oxygen atoms in total. The fourth-order valence-electron chi connectivity index (χ4n) is 1.88. The zero-order valence-electron chi connectivity index (χ0n) is 10.9. The van der Waals surface area contributed by atoms with E-state index in [0.29, 0.717) is 5.75 Å². The molecule has 1 aliphatic carbocycles. The van der Waals surface area contributed by atoms with Gasteiger partial charge in [-0.25, -0.2) is 0 Å². The summed E-state index contributed by atoms with van der Waals surface area (Å²) >= 11 is 3.33. The van der Waals surface area contributed by atoms with Crippen LogP contribution >= 0.6 is 15.9 Å². The average molecular weight is 342 g/mol. The molecule has 20 heavy (non-hydrogen) atoms. The number of carboxylic acids is 1. The van der Waals surface area contributed by atoms with Crippen molar-refractivity contribution in [3.05, 3.63) is 28.7 Å². The number of aliphatic carboxylic acids is 1. The molecule has 1 amide bonds. The van der Waals surface area contributed by atoms with Crippen LogP contribution in [0, 0.1) is 0 Å². The van der Waals surface area contributed by atoms with Crippen molar-refractivity contribution in [2.24, 2.45) is 0 Å².